The third-order valence-corrected chi connectivity index (χ3v) is 6.03. The van der Waals surface area contributed by atoms with Gasteiger partial charge in [-0.25, -0.2) is 0 Å². The average Bonchev–Trinajstić information content (AvgIpc) is 3.18. The molecule has 2 heteroatoms. The summed E-state index contributed by atoms with van der Waals surface area (Å²) in [4.78, 5) is 1.49. The molecule has 0 bridgehead atoms. The minimum Gasteiger partial charge on any atom is -0.307 e. The molecular weight excluding hydrogens is 250 g/mol. The fourth-order valence-corrected chi connectivity index (χ4v) is 4.12. The van der Waals surface area contributed by atoms with E-state index in [9.17, 15) is 0 Å². The Morgan fingerprint density at radius 2 is 1.95 bits per heavy atom. The van der Waals surface area contributed by atoms with Crippen LogP contribution < -0.4 is 5.32 Å². The second-order valence-electron chi connectivity index (χ2n) is 6.55. The first kappa shape index (κ1) is 13.5. The highest BCUT2D eigenvalue weighted by molar-refractivity contribution is 8.00. The van der Waals surface area contributed by atoms with Crippen LogP contribution in [0.25, 0.3) is 0 Å². The van der Waals surface area contributed by atoms with Crippen LogP contribution in [0.4, 0.5) is 0 Å². The van der Waals surface area contributed by atoms with E-state index in [4.69, 9.17) is 0 Å². The number of benzene rings is 1. The quantitative estimate of drug-likeness (QED) is 0.855. The number of thioether (sulfide) groups is 1. The van der Waals surface area contributed by atoms with Gasteiger partial charge in [-0.3, -0.25) is 0 Å². The SMILES string of the molecule is CC(C)c1ccc2c(c1)C(NC1CC1)C(C)C(C)S2. The van der Waals surface area contributed by atoms with E-state index in [1.165, 1.54) is 23.3 Å². The molecule has 1 heterocycles. The van der Waals surface area contributed by atoms with Gasteiger partial charge in [-0.2, -0.15) is 0 Å². The molecule has 0 radical (unpaired) electrons. The zero-order chi connectivity index (χ0) is 13.6. The lowest BCUT2D eigenvalue weighted by atomic mass is 9.89. The summed E-state index contributed by atoms with van der Waals surface area (Å²) in [7, 11) is 0. The van der Waals surface area contributed by atoms with Gasteiger partial charge in [0.1, 0.15) is 0 Å². The van der Waals surface area contributed by atoms with Gasteiger partial charge in [0.2, 0.25) is 0 Å². The highest BCUT2D eigenvalue weighted by Gasteiger charge is 2.35. The topological polar surface area (TPSA) is 12.0 Å². The van der Waals surface area contributed by atoms with Crippen LogP contribution in [0.15, 0.2) is 23.1 Å². The molecule has 0 saturated heterocycles. The van der Waals surface area contributed by atoms with Crippen LogP contribution in [0.3, 0.4) is 0 Å². The van der Waals surface area contributed by atoms with Crippen LogP contribution in [0.1, 0.15) is 63.6 Å². The Kier molecular flexibility index (Phi) is 3.65. The standard InChI is InChI=1S/C17H25NS/c1-10(2)13-5-8-16-15(9-13)17(18-14-6-7-14)11(3)12(4)19-16/h5,8-12,14,17-18H,6-7H2,1-4H3. The summed E-state index contributed by atoms with van der Waals surface area (Å²) < 4.78 is 0. The van der Waals surface area contributed by atoms with Crippen molar-refractivity contribution in [2.45, 2.75) is 68.7 Å². The largest absolute Gasteiger partial charge is 0.307 e. The molecule has 1 nitrogen and oxygen atoms in total. The molecule has 3 atom stereocenters. The smallest absolute Gasteiger partial charge is 0.0370 e. The summed E-state index contributed by atoms with van der Waals surface area (Å²) in [6.45, 7) is 9.35. The van der Waals surface area contributed by atoms with Crippen molar-refractivity contribution in [1.82, 2.24) is 5.32 Å². The predicted octanol–water partition coefficient (Wildman–Crippen LogP) is 4.73. The van der Waals surface area contributed by atoms with Crippen molar-refractivity contribution in [1.29, 1.82) is 0 Å². The summed E-state index contributed by atoms with van der Waals surface area (Å²) in [6.07, 6.45) is 2.73. The van der Waals surface area contributed by atoms with E-state index >= 15 is 0 Å². The molecule has 2 aliphatic rings. The van der Waals surface area contributed by atoms with Gasteiger partial charge in [-0.15, -0.1) is 11.8 Å². The first-order chi connectivity index (χ1) is 9.06. The molecule has 19 heavy (non-hydrogen) atoms. The lowest BCUT2D eigenvalue weighted by Crippen LogP contribution is -2.35. The number of nitrogens with one attached hydrogen (secondary N) is 1. The molecule has 1 aromatic carbocycles. The molecule has 1 aliphatic carbocycles. The maximum Gasteiger partial charge on any atom is 0.0370 e. The molecular formula is C17H25NS. The Labute approximate surface area is 121 Å². The van der Waals surface area contributed by atoms with Gasteiger partial charge < -0.3 is 5.32 Å². The molecule has 1 N–H and O–H groups in total. The third-order valence-electron chi connectivity index (χ3n) is 4.61. The van der Waals surface area contributed by atoms with Crippen molar-refractivity contribution >= 4 is 11.8 Å². The maximum atomic E-state index is 3.88. The van der Waals surface area contributed by atoms with Crippen LogP contribution >= 0.6 is 11.8 Å². The second kappa shape index (κ2) is 5.14. The van der Waals surface area contributed by atoms with Crippen molar-refractivity contribution in [2.24, 2.45) is 5.92 Å². The molecule has 1 saturated carbocycles. The molecule has 1 fully saturated rings. The van der Waals surface area contributed by atoms with Crippen LogP contribution in [0.5, 0.6) is 0 Å². The van der Waals surface area contributed by atoms with Crippen LogP contribution in [0.2, 0.25) is 0 Å². The summed E-state index contributed by atoms with van der Waals surface area (Å²) in [5, 5.41) is 4.58. The van der Waals surface area contributed by atoms with E-state index in [0.717, 1.165) is 6.04 Å². The average molecular weight is 275 g/mol. The summed E-state index contributed by atoms with van der Waals surface area (Å²) >= 11 is 2.05. The van der Waals surface area contributed by atoms with Crippen LogP contribution in [0, 0.1) is 5.92 Å². The zero-order valence-corrected chi connectivity index (χ0v) is 13.3. The van der Waals surface area contributed by atoms with Gasteiger partial charge in [0.05, 0.1) is 0 Å². The van der Waals surface area contributed by atoms with Gasteiger partial charge in [0.15, 0.2) is 0 Å². The Hall–Kier alpha value is -0.470. The fraction of sp³-hybridized carbons (Fsp3) is 0.647. The maximum absolute atomic E-state index is 3.88. The molecule has 3 rings (SSSR count). The van der Waals surface area contributed by atoms with E-state index in [1.807, 2.05) is 0 Å². The van der Waals surface area contributed by atoms with Crippen molar-refractivity contribution in [3.05, 3.63) is 29.3 Å². The van der Waals surface area contributed by atoms with Gasteiger partial charge in [-0.05, 0) is 41.9 Å². The molecule has 1 aromatic rings. The number of hydrogen-bond acceptors (Lipinski definition) is 2. The van der Waals surface area contributed by atoms with E-state index in [1.54, 1.807) is 5.56 Å². The third kappa shape index (κ3) is 2.71. The zero-order valence-electron chi connectivity index (χ0n) is 12.4. The predicted molar refractivity (Wildman–Crippen MR) is 83.9 cm³/mol. The molecule has 3 unspecified atom stereocenters. The molecule has 104 valence electrons. The van der Waals surface area contributed by atoms with Crippen LogP contribution in [-0.4, -0.2) is 11.3 Å². The lowest BCUT2D eigenvalue weighted by molar-refractivity contribution is 0.369. The van der Waals surface area contributed by atoms with Gasteiger partial charge in [-0.1, -0.05) is 39.8 Å². The molecule has 0 aromatic heterocycles. The normalized spacial score (nSPS) is 30.5. The van der Waals surface area contributed by atoms with E-state index in [-0.39, 0.29) is 0 Å². The first-order valence-electron chi connectivity index (χ1n) is 7.63. The van der Waals surface area contributed by atoms with E-state index in [2.05, 4.69) is 63.0 Å². The number of rotatable bonds is 3. The van der Waals surface area contributed by atoms with E-state index < -0.39 is 0 Å². The Balaban J connectivity index is 1.96. The monoisotopic (exact) mass is 275 g/mol. The Morgan fingerprint density at radius 1 is 1.21 bits per heavy atom. The summed E-state index contributed by atoms with van der Waals surface area (Å²) in [5.74, 6) is 1.33. The van der Waals surface area contributed by atoms with Crippen molar-refractivity contribution in [3.63, 3.8) is 0 Å². The van der Waals surface area contributed by atoms with Gasteiger partial charge >= 0.3 is 0 Å². The van der Waals surface area contributed by atoms with Crippen molar-refractivity contribution < 1.29 is 0 Å². The van der Waals surface area contributed by atoms with Crippen LogP contribution in [-0.2, 0) is 0 Å². The van der Waals surface area contributed by atoms with Crippen molar-refractivity contribution in [2.75, 3.05) is 0 Å². The van der Waals surface area contributed by atoms with E-state index in [0.29, 0.717) is 23.1 Å². The van der Waals surface area contributed by atoms with Gasteiger partial charge in [0, 0.05) is 22.2 Å². The summed E-state index contributed by atoms with van der Waals surface area (Å²) in [5.41, 5.74) is 3.03. The lowest BCUT2D eigenvalue weighted by Gasteiger charge is -2.37. The highest BCUT2D eigenvalue weighted by Crippen LogP contribution is 2.46. The Morgan fingerprint density at radius 3 is 2.58 bits per heavy atom. The second-order valence-corrected chi connectivity index (χ2v) is 7.97. The number of hydrogen-bond donors (Lipinski definition) is 1. The molecule has 0 spiro atoms. The fourth-order valence-electron chi connectivity index (χ4n) is 2.88. The first-order valence-corrected chi connectivity index (χ1v) is 8.50. The van der Waals surface area contributed by atoms with Crippen molar-refractivity contribution in [3.8, 4) is 0 Å². The Bertz CT molecular complexity index is 464. The highest BCUT2D eigenvalue weighted by atomic mass is 32.2. The summed E-state index contributed by atoms with van der Waals surface area (Å²) in [6, 6.07) is 8.44. The minimum absolute atomic E-state index is 0.553. The molecule has 0 amide bonds. The number of fused-ring (bicyclic) bond motifs is 1. The molecule has 1 aliphatic heterocycles. The minimum atomic E-state index is 0.553. The van der Waals surface area contributed by atoms with Gasteiger partial charge in [0.25, 0.3) is 0 Å².